The molecule has 0 saturated heterocycles. The molecular formula is C30H26Cl2N4O2. The van der Waals surface area contributed by atoms with Crippen LogP contribution in [0.5, 0.6) is 0 Å². The van der Waals surface area contributed by atoms with E-state index in [1.807, 2.05) is 55.7 Å². The number of halogens is 2. The maximum absolute atomic E-state index is 14.4. The van der Waals surface area contributed by atoms with E-state index in [0.29, 0.717) is 38.5 Å². The Morgan fingerprint density at radius 3 is 2.45 bits per heavy atom. The maximum atomic E-state index is 14.4. The Labute approximate surface area is 231 Å². The van der Waals surface area contributed by atoms with Crippen molar-refractivity contribution in [1.82, 2.24) is 9.55 Å². The standard InChI is InChI=1S/C30H26Cl2N4O2/c1-5-18-8-6-7-9-21(18)27-34-25-26(35(27)16(2)3)30(22-13-12-19(31)14-23(22)33-29(30)38)36(28(25)37)24-15-20(32)11-10-17(24)4/h6-16H,5H2,1-4H3,(H,33,38). The smallest absolute Gasteiger partial charge is 0.280 e. The molecule has 0 bridgehead atoms. The first-order valence-electron chi connectivity index (χ1n) is 12.6. The number of imidazole rings is 1. The fourth-order valence-corrected chi connectivity index (χ4v) is 6.21. The first-order chi connectivity index (χ1) is 18.2. The number of rotatable bonds is 4. The number of hydrogen-bond donors (Lipinski definition) is 1. The second-order valence-corrected chi connectivity index (χ2v) is 10.9. The van der Waals surface area contributed by atoms with Gasteiger partial charge in [0, 0.05) is 32.9 Å². The van der Waals surface area contributed by atoms with Gasteiger partial charge in [-0.2, -0.15) is 0 Å². The molecule has 192 valence electrons. The number of nitrogens with zero attached hydrogens (tertiary/aromatic N) is 3. The van der Waals surface area contributed by atoms with Gasteiger partial charge in [-0.1, -0.05) is 66.5 Å². The molecule has 1 spiro atoms. The van der Waals surface area contributed by atoms with Gasteiger partial charge in [-0.05, 0) is 62.6 Å². The number of anilines is 2. The minimum Gasteiger partial charge on any atom is -0.323 e. The molecule has 0 aliphatic carbocycles. The molecule has 2 aliphatic rings. The number of hydrogen-bond acceptors (Lipinski definition) is 3. The Morgan fingerprint density at radius 2 is 1.71 bits per heavy atom. The average Bonchev–Trinajstić information content (AvgIpc) is 3.49. The second kappa shape index (κ2) is 8.72. The number of fused-ring (bicyclic) bond motifs is 4. The molecule has 1 unspecified atom stereocenters. The number of carbonyl (C=O) groups is 2. The summed E-state index contributed by atoms with van der Waals surface area (Å²) in [6, 6.07) is 18.6. The minimum absolute atomic E-state index is 0.0969. The van der Waals surface area contributed by atoms with Crippen molar-refractivity contribution in [2.24, 2.45) is 0 Å². The molecule has 0 saturated carbocycles. The largest absolute Gasteiger partial charge is 0.323 e. The monoisotopic (exact) mass is 544 g/mol. The highest BCUT2D eigenvalue weighted by molar-refractivity contribution is 6.32. The second-order valence-electron chi connectivity index (χ2n) is 10.0. The van der Waals surface area contributed by atoms with Crippen LogP contribution in [0.25, 0.3) is 11.4 Å². The van der Waals surface area contributed by atoms with E-state index >= 15 is 0 Å². The summed E-state index contributed by atoms with van der Waals surface area (Å²) in [5, 5.41) is 3.97. The van der Waals surface area contributed by atoms with Gasteiger partial charge in [0.05, 0.1) is 11.4 Å². The van der Waals surface area contributed by atoms with Gasteiger partial charge in [-0.15, -0.1) is 0 Å². The fraction of sp³-hybridized carbons (Fsp3) is 0.233. The van der Waals surface area contributed by atoms with Crippen LogP contribution in [-0.2, 0) is 16.8 Å². The van der Waals surface area contributed by atoms with E-state index in [1.54, 1.807) is 29.2 Å². The Bertz CT molecular complexity index is 1660. The van der Waals surface area contributed by atoms with Gasteiger partial charge >= 0.3 is 0 Å². The van der Waals surface area contributed by atoms with Crippen LogP contribution in [0, 0.1) is 6.92 Å². The minimum atomic E-state index is -1.49. The maximum Gasteiger partial charge on any atom is 0.280 e. The summed E-state index contributed by atoms with van der Waals surface area (Å²) in [6.07, 6.45) is 0.806. The molecule has 3 aromatic carbocycles. The van der Waals surface area contributed by atoms with Gasteiger partial charge in [-0.3, -0.25) is 14.5 Å². The first-order valence-corrected chi connectivity index (χ1v) is 13.4. The van der Waals surface area contributed by atoms with Crippen LogP contribution in [0.2, 0.25) is 10.0 Å². The van der Waals surface area contributed by atoms with Crippen molar-refractivity contribution in [3.05, 3.63) is 98.8 Å². The Kier molecular flexibility index (Phi) is 5.67. The number of aromatic nitrogens is 2. The Morgan fingerprint density at radius 1 is 1.00 bits per heavy atom. The normalized spacial score (nSPS) is 17.9. The summed E-state index contributed by atoms with van der Waals surface area (Å²) in [7, 11) is 0. The van der Waals surface area contributed by atoms with Crippen molar-refractivity contribution in [3.8, 4) is 11.4 Å². The zero-order valence-corrected chi connectivity index (χ0v) is 23.0. The lowest BCUT2D eigenvalue weighted by molar-refractivity contribution is -0.119. The third-order valence-electron chi connectivity index (χ3n) is 7.51. The summed E-state index contributed by atoms with van der Waals surface area (Å²) < 4.78 is 2.05. The molecule has 1 N–H and O–H groups in total. The van der Waals surface area contributed by atoms with E-state index in [4.69, 9.17) is 28.2 Å². The van der Waals surface area contributed by atoms with Gasteiger partial charge in [0.2, 0.25) is 0 Å². The van der Waals surface area contributed by atoms with Gasteiger partial charge in [0.25, 0.3) is 11.8 Å². The van der Waals surface area contributed by atoms with Crippen LogP contribution in [0.3, 0.4) is 0 Å². The van der Waals surface area contributed by atoms with E-state index in [9.17, 15) is 9.59 Å². The van der Waals surface area contributed by atoms with Crippen LogP contribution in [0.15, 0.2) is 60.7 Å². The molecule has 4 aromatic rings. The molecule has 2 aliphatic heterocycles. The van der Waals surface area contributed by atoms with Crippen LogP contribution < -0.4 is 10.2 Å². The van der Waals surface area contributed by atoms with E-state index in [-0.39, 0.29) is 23.6 Å². The molecule has 6 rings (SSSR count). The molecule has 8 heteroatoms. The average molecular weight is 545 g/mol. The summed E-state index contributed by atoms with van der Waals surface area (Å²) in [6.45, 7) is 8.08. The van der Waals surface area contributed by atoms with Crippen LogP contribution in [0.1, 0.15) is 59.7 Å². The summed E-state index contributed by atoms with van der Waals surface area (Å²) in [5.41, 5.74) is 3.98. The summed E-state index contributed by atoms with van der Waals surface area (Å²) >= 11 is 12.8. The van der Waals surface area contributed by atoms with Crippen molar-refractivity contribution in [2.45, 2.75) is 45.7 Å². The number of benzene rings is 3. The molecule has 2 amide bonds. The van der Waals surface area contributed by atoms with Gasteiger partial charge in [0.1, 0.15) is 5.82 Å². The first kappa shape index (κ1) is 24.7. The summed E-state index contributed by atoms with van der Waals surface area (Å²) in [4.78, 5) is 35.2. The number of aryl methyl sites for hydroxylation is 2. The van der Waals surface area contributed by atoms with E-state index in [2.05, 4.69) is 18.3 Å². The van der Waals surface area contributed by atoms with Crippen LogP contribution in [-0.4, -0.2) is 21.4 Å². The lowest BCUT2D eigenvalue weighted by atomic mass is 9.86. The molecular weight excluding hydrogens is 519 g/mol. The molecule has 0 radical (unpaired) electrons. The zero-order chi connectivity index (χ0) is 26.9. The molecule has 0 fully saturated rings. The predicted molar refractivity (Wildman–Crippen MR) is 151 cm³/mol. The number of carbonyl (C=O) groups excluding carboxylic acids is 2. The third-order valence-corrected chi connectivity index (χ3v) is 7.98. The topological polar surface area (TPSA) is 67.2 Å². The van der Waals surface area contributed by atoms with Crippen molar-refractivity contribution >= 4 is 46.4 Å². The van der Waals surface area contributed by atoms with Crippen LogP contribution in [0.4, 0.5) is 11.4 Å². The van der Waals surface area contributed by atoms with Crippen molar-refractivity contribution < 1.29 is 9.59 Å². The van der Waals surface area contributed by atoms with E-state index in [1.165, 1.54) is 0 Å². The molecule has 1 aromatic heterocycles. The number of amides is 2. The van der Waals surface area contributed by atoms with Crippen molar-refractivity contribution in [2.75, 3.05) is 10.2 Å². The van der Waals surface area contributed by atoms with Crippen molar-refractivity contribution in [3.63, 3.8) is 0 Å². The highest BCUT2D eigenvalue weighted by Crippen LogP contribution is 2.55. The lowest BCUT2D eigenvalue weighted by Crippen LogP contribution is -2.51. The highest BCUT2D eigenvalue weighted by Gasteiger charge is 2.64. The summed E-state index contributed by atoms with van der Waals surface area (Å²) in [5.74, 6) is -0.0100. The van der Waals surface area contributed by atoms with E-state index < -0.39 is 5.54 Å². The zero-order valence-electron chi connectivity index (χ0n) is 21.5. The van der Waals surface area contributed by atoms with Gasteiger partial charge in [0.15, 0.2) is 11.2 Å². The number of nitrogens with one attached hydrogen (secondary N) is 1. The fourth-order valence-electron chi connectivity index (χ4n) is 5.87. The van der Waals surface area contributed by atoms with Gasteiger partial charge in [-0.25, -0.2) is 4.98 Å². The molecule has 6 nitrogen and oxygen atoms in total. The molecule has 38 heavy (non-hydrogen) atoms. The molecule has 3 heterocycles. The lowest BCUT2D eigenvalue weighted by Gasteiger charge is -2.36. The third kappa shape index (κ3) is 3.23. The molecule has 1 atom stereocenters. The van der Waals surface area contributed by atoms with Crippen LogP contribution >= 0.6 is 23.2 Å². The quantitative estimate of drug-likeness (QED) is 0.296. The van der Waals surface area contributed by atoms with E-state index in [0.717, 1.165) is 23.1 Å². The Balaban J connectivity index is 1.75. The van der Waals surface area contributed by atoms with Crippen molar-refractivity contribution in [1.29, 1.82) is 0 Å². The highest BCUT2D eigenvalue weighted by atomic mass is 35.5. The Hall–Kier alpha value is -3.61. The predicted octanol–water partition coefficient (Wildman–Crippen LogP) is 7.16. The SMILES string of the molecule is CCc1ccccc1-c1nc2c(n1C(C)C)C1(C(=O)Nc3cc(Cl)ccc31)N(c1cc(Cl)ccc1C)C2=O. The van der Waals surface area contributed by atoms with Gasteiger partial charge < -0.3 is 9.88 Å².